The zero-order valence-electron chi connectivity index (χ0n) is 8.16. The van der Waals surface area contributed by atoms with Crippen LogP contribution in [0.25, 0.3) is 0 Å². The molecule has 1 amide bonds. The lowest BCUT2D eigenvalue weighted by atomic mass is 10.1. The fraction of sp³-hybridized carbons (Fsp3) is 0.778. The van der Waals surface area contributed by atoms with Crippen LogP contribution >= 0.6 is 0 Å². The number of hydrogen-bond donors (Lipinski definition) is 1. The van der Waals surface area contributed by atoms with Crippen molar-refractivity contribution in [2.24, 2.45) is 5.92 Å². The van der Waals surface area contributed by atoms with Crippen LogP contribution in [0.15, 0.2) is 0 Å². The third-order valence-corrected chi connectivity index (χ3v) is 2.92. The summed E-state index contributed by atoms with van der Waals surface area (Å²) < 4.78 is 4.62. The van der Waals surface area contributed by atoms with Crippen LogP contribution < -0.4 is 5.32 Å². The van der Waals surface area contributed by atoms with Gasteiger partial charge in [-0.15, -0.1) is 0 Å². The van der Waals surface area contributed by atoms with Crippen molar-refractivity contribution < 1.29 is 14.3 Å². The molecule has 1 N–H and O–H groups in total. The summed E-state index contributed by atoms with van der Waals surface area (Å²) in [5.41, 5.74) is 0. The Kier molecular flexibility index (Phi) is 2.41. The molecule has 5 nitrogen and oxygen atoms in total. The van der Waals surface area contributed by atoms with E-state index in [2.05, 4.69) is 10.1 Å². The minimum absolute atomic E-state index is 0.223. The second-order valence-electron chi connectivity index (χ2n) is 3.82. The van der Waals surface area contributed by atoms with Gasteiger partial charge in [-0.25, -0.2) is 4.79 Å². The van der Waals surface area contributed by atoms with Gasteiger partial charge in [0.1, 0.15) is 0 Å². The van der Waals surface area contributed by atoms with E-state index in [1.165, 1.54) is 7.11 Å². The highest BCUT2D eigenvalue weighted by atomic mass is 16.5. The van der Waals surface area contributed by atoms with Gasteiger partial charge < -0.3 is 10.1 Å². The first-order valence-electron chi connectivity index (χ1n) is 4.82. The molecule has 0 saturated carbocycles. The average molecular weight is 198 g/mol. The molecule has 0 aromatic heterocycles. The van der Waals surface area contributed by atoms with E-state index < -0.39 is 12.0 Å². The number of carbonyl (C=O) groups is 2. The van der Waals surface area contributed by atoms with Gasteiger partial charge in [0, 0.05) is 13.1 Å². The smallest absolute Gasteiger partial charge is 0.332 e. The van der Waals surface area contributed by atoms with E-state index in [1.54, 1.807) is 0 Å². The van der Waals surface area contributed by atoms with Crippen LogP contribution in [0.2, 0.25) is 0 Å². The zero-order valence-corrected chi connectivity index (χ0v) is 8.16. The monoisotopic (exact) mass is 198 g/mol. The summed E-state index contributed by atoms with van der Waals surface area (Å²) in [6, 6.07) is -0.729. The first-order chi connectivity index (χ1) is 6.72. The zero-order chi connectivity index (χ0) is 10.1. The minimum Gasteiger partial charge on any atom is -0.467 e. The van der Waals surface area contributed by atoms with Gasteiger partial charge in [0.05, 0.1) is 7.11 Å². The highest BCUT2D eigenvalue weighted by molar-refractivity contribution is 6.02. The van der Waals surface area contributed by atoms with Crippen molar-refractivity contribution in [1.29, 1.82) is 0 Å². The highest BCUT2D eigenvalue weighted by Gasteiger charge is 2.40. The van der Waals surface area contributed by atoms with Crippen LogP contribution in [0.5, 0.6) is 0 Å². The minimum atomic E-state index is -0.729. The number of methoxy groups -OCH3 is 1. The van der Waals surface area contributed by atoms with Gasteiger partial charge in [-0.1, -0.05) is 0 Å². The predicted molar refractivity (Wildman–Crippen MR) is 48.5 cm³/mol. The van der Waals surface area contributed by atoms with Crippen LogP contribution in [-0.4, -0.2) is 49.6 Å². The van der Waals surface area contributed by atoms with Gasteiger partial charge in [0.15, 0.2) is 6.04 Å². The molecule has 5 heteroatoms. The summed E-state index contributed by atoms with van der Waals surface area (Å²) in [4.78, 5) is 24.8. The maximum absolute atomic E-state index is 11.6. The molecule has 2 bridgehead atoms. The summed E-state index contributed by atoms with van der Waals surface area (Å²) in [7, 11) is 1.31. The number of carbonyl (C=O) groups excluding carboxylic acids is 2. The molecule has 0 aromatic rings. The van der Waals surface area contributed by atoms with Crippen LogP contribution in [0.1, 0.15) is 6.42 Å². The Hall–Kier alpha value is -1.10. The maximum Gasteiger partial charge on any atom is 0.332 e. The van der Waals surface area contributed by atoms with Gasteiger partial charge in [0.2, 0.25) is 5.91 Å². The van der Waals surface area contributed by atoms with Gasteiger partial charge in [0.25, 0.3) is 0 Å². The van der Waals surface area contributed by atoms with E-state index in [1.807, 2.05) is 4.90 Å². The standard InChI is InChI=1S/C9H14N2O3/c1-14-9(13)7-8(12)10-4-6-2-3-11(7)5-6/h6-7H,2-5H2,1H3,(H,10,12). The van der Waals surface area contributed by atoms with E-state index in [4.69, 9.17) is 0 Å². The van der Waals surface area contributed by atoms with Crippen LogP contribution in [0.3, 0.4) is 0 Å². The van der Waals surface area contributed by atoms with Crippen molar-refractivity contribution in [3.63, 3.8) is 0 Å². The third kappa shape index (κ3) is 1.48. The molecule has 0 aliphatic carbocycles. The van der Waals surface area contributed by atoms with E-state index in [0.717, 1.165) is 19.5 Å². The molecule has 14 heavy (non-hydrogen) atoms. The number of hydrogen-bond acceptors (Lipinski definition) is 4. The van der Waals surface area contributed by atoms with Crippen molar-refractivity contribution in [3.05, 3.63) is 0 Å². The average Bonchev–Trinajstić information content (AvgIpc) is 2.55. The molecular formula is C9H14N2O3. The van der Waals surface area contributed by atoms with Gasteiger partial charge in [-0.05, 0) is 18.9 Å². The van der Waals surface area contributed by atoms with E-state index >= 15 is 0 Å². The molecule has 2 rings (SSSR count). The number of fused-ring (bicyclic) bond motifs is 2. The quantitative estimate of drug-likeness (QED) is 0.433. The Morgan fingerprint density at radius 1 is 1.64 bits per heavy atom. The molecule has 0 aromatic carbocycles. The van der Waals surface area contributed by atoms with Crippen LogP contribution in [0, 0.1) is 5.92 Å². The second-order valence-corrected chi connectivity index (χ2v) is 3.82. The number of rotatable bonds is 1. The van der Waals surface area contributed by atoms with Crippen LogP contribution in [-0.2, 0) is 14.3 Å². The maximum atomic E-state index is 11.6. The fourth-order valence-corrected chi connectivity index (χ4v) is 2.14. The predicted octanol–water partition coefficient (Wildman–Crippen LogP) is -1.02. The Morgan fingerprint density at radius 2 is 2.43 bits per heavy atom. The van der Waals surface area contributed by atoms with E-state index in [9.17, 15) is 9.59 Å². The van der Waals surface area contributed by atoms with Gasteiger partial charge >= 0.3 is 5.97 Å². The summed E-state index contributed by atoms with van der Waals surface area (Å²) >= 11 is 0. The van der Waals surface area contributed by atoms with Crippen molar-refractivity contribution in [1.82, 2.24) is 10.2 Å². The molecule has 78 valence electrons. The Labute approximate surface area is 82.4 Å². The van der Waals surface area contributed by atoms with Crippen molar-refractivity contribution >= 4 is 11.9 Å². The summed E-state index contributed by atoms with van der Waals surface area (Å²) in [6.07, 6.45) is 1.05. The largest absolute Gasteiger partial charge is 0.467 e. The molecular weight excluding hydrogens is 184 g/mol. The Morgan fingerprint density at radius 3 is 3.14 bits per heavy atom. The molecule has 2 aliphatic rings. The summed E-state index contributed by atoms with van der Waals surface area (Å²) in [6.45, 7) is 2.32. The van der Waals surface area contributed by atoms with E-state index in [-0.39, 0.29) is 5.91 Å². The number of ether oxygens (including phenoxy) is 1. The molecule has 2 heterocycles. The lowest BCUT2D eigenvalue weighted by Crippen LogP contribution is -2.49. The first kappa shape index (κ1) is 9.45. The van der Waals surface area contributed by atoms with Gasteiger partial charge in [-0.3, -0.25) is 9.69 Å². The molecule has 2 aliphatic heterocycles. The number of amides is 1. The first-order valence-corrected chi connectivity index (χ1v) is 4.82. The molecule has 2 saturated heterocycles. The highest BCUT2D eigenvalue weighted by Crippen LogP contribution is 2.21. The summed E-state index contributed by atoms with van der Waals surface area (Å²) in [5, 5.41) is 2.76. The lowest BCUT2D eigenvalue weighted by Gasteiger charge is -2.22. The van der Waals surface area contributed by atoms with Crippen LogP contribution in [0.4, 0.5) is 0 Å². The van der Waals surface area contributed by atoms with Crippen molar-refractivity contribution in [2.75, 3.05) is 26.7 Å². The topological polar surface area (TPSA) is 58.6 Å². The number of esters is 1. The number of nitrogens with one attached hydrogen (secondary N) is 1. The lowest BCUT2D eigenvalue weighted by molar-refractivity contribution is -0.151. The van der Waals surface area contributed by atoms with Crippen molar-refractivity contribution in [3.8, 4) is 0 Å². The summed E-state index contributed by atoms with van der Waals surface area (Å²) in [5.74, 6) is -0.183. The number of nitrogens with zero attached hydrogens (tertiary/aromatic N) is 1. The third-order valence-electron chi connectivity index (χ3n) is 2.92. The molecule has 0 radical (unpaired) electrons. The van der Waals surface area contributed by atoms with Crippen molar-refractivity contribution in [2.45, 2.75) is 12.5 Å². The Balaban J connectivity index is 2.18. The fourth-order valence-electron chi connectivity index (χ4n) is 2.14. The van der Waals surface area contributed by atoms with Gasteiger partial charge in [-0.2, -0.15) is 0 Å². The normalized spacial score (nSPS) is 36.1. The van der Waals surface area contributed by atoms with E-state index in [0.29, 0.717) is 12.5 Å². The Bertz CT molecular complexity index is 267. The SMILES string of the molecule is COC(=O)C1C(=O)NCC2CCN1C2. The molecule has 3 atom stereocenters. The molecule has 2 fully saturated rings. The molecule has 0 spiro atoms. The second kappa shape index (κ2) is 3.57. The molecule has 3 unspecified atom stereocenters.